The van der Waals surface area contributed by atoms with E-state index in [1.807, 2.05) is 35.2 Å². The lowest BCUT2D eigenvalue weighted by molar-refractivity contribution is -0.166. The van der Waals surface area contributed by atoms with Crippen molar-refractivity contribution >= 4 is 42.7 Å². The summed E-state index contributed by atoms with van der Waals surface area (Å²) in [6.45, 7) is 10.5. The van der Waals surface area contributed by atoms with Crippen molar-refractivity contribution in [2.24, 2.45) is 5.92 Å². The molecule has 0 bridgehead atoms. The fourth-order valence-corrected chi connectivity index (χ4v) is 8.65. The van der Waals surface area contributed by atoms with Crippen molar-refractivity contribution in [2.75, 3.05) is 32.7 Å². The van der Waals surface area contributed by atoms with Gasteiger partial charge in [-0.25, -0.2) is 4.79 Å². The first-order valence-corrected chi connectivity index (χ1v) is 18.7. The topological polar surface area (TPSA) is 120 Å². The first kappa shape index (κ1) is 40.9. The Morgan fingerprint density at radius 3 is 2.31 bits per heavy atom. The summed E-state index contributed by atoms with van der Waals surface area (Å²) in [5, 5.41) is 19.3. The van der Waals surface area contributed by atoms with Crippen LogP contribution >= 0.6 is 24.8 Å². The molecule has 284 valence electrons. The molecule has 2 atom stereocenters. The SMILES string of the molecule is CCCCN1C(=O)[C@@H]([C@H](O)C2CCCCC2)NC(=O)C12CCN(Cc1c(C)nn(C3CCN(C(=O)OCc4ccccc4)CC3)c1C)CC2.Cl.Cl. The van der Waals surface area contributed by atoms with Crippen LogP contribution in [0.25, 0.3) is 0 Å². The Morgan fingerprint density at radius 1 is 1.00 bits per heavy atom. The van der Waals surface area contributed by atoms with E-state index in [1.165, 1.54) is 12.0 Å². The number of ether oxygens (including phenoxy) is 1. The number of carbonyl (C=O) groups is 3. The number of unbranched alkanes of at least 4 members (excludes halogenated alkanes) is 1. The molecule has 1 spiro atoms. The highest BCUT2D eigenvalue weighted by Crippen LogP contribution is 2.37. The first-order chi connectivity index (χ1) is 23.7. The van der Waals surface area contributed by atoms with Gasteiger partial charge in [-0.2, -0.15) is 5.10 Å². The largest absolute Gasteiger partial charge is 0.445 e. The summed E-state index contributed by atoms with van der Waals surface area (Å²) in [7, 11) is 0. The number of amides is 3. The monoisotopic (exact) mass is 748 g/mol. The van der Waals surface area contributed by atoms with E-state index in [0.717, 1.165) is 74.9 Å². The molecule has 0 radical (unpaired) electrons. The van der Waals surface area contributed by atoms with Gasteiger partial charge in [0.1, 0.15) is 18.2 Å². The van der Waals surface area contributed by atoms with Crippen molar-refractivity contribution in [2.45, 2.75) is 128 Å². The second-order valence-corrected chi connectivity index (χ2v) is 14.8. The summed E-state index contributed by atoms with van der Waals surface area (Å²) < 4.78 is 7.71. The van der Waals surface area contributed by atoms with E-state index in [4.69, 9.17) is 9.84 Å². The number of piperazine rings is 1. The summed E-state index contributed by atoms with van der Waals surface area (Å²) in [6, 6.07) is 9.12. The summed E-state index contributed by atoms with van der Waals surface area (Å²) in [4.78, 5) is 46.7. The third-order valence-electron chi connectivity index (χ3n) is 11.8. The summed E-state index contributed by atoms with van der Waals surface area (Å²) in [5.74, 6) is -0.144. The molecule has 11 nitrogen and oxygen atoms in total. The van der Waals surface area contributed by atoms with Crippen molar-refractivity contribution in [1.82, 2.24) is 29.8 Å². The van der Waals surface area contributed by atoms with Crippen LogP contribution in [0, 0.1) is 19.8 Å². The highest BCUT2D eigenvalue weighted by molar-refractivity contribution is 6.00. The predicted molar refractivity (Wildman–Crippen MR) is 201 cm³/mol. The molecule has 4 fully saturated rings. The zero-order valence-electron chi connectivity index (χ0n) is 30.6. The van der Waals surface area contributed by atoms with Crippen LogP contribution in [0.5, 0.6) is 0 Å². The third kappa shape index (κ3) is 8.86. The summed E-state index contributed by atoms with van der Waals surface area (Å²) in [5.41, 5.74) is 3.49. The smallest absolute Gasteiger partial charge is 0.410 e. The number of aromatic nitrogens is 2. The number of likely N-dealkylation sites (tertiary alicyclic amines) is 2. The number of aliphatic hydroxyl groups excluding tert-OH is 1. The van der Waals surface area contributed by atoms with Crippen molar-refractivity contribution < 1.29 is 24.2 Å². The maximum absolute atomic E-state index is 14.0. The summed E-state index contributed by atoms with van der Waals surface area (Å²) >= 11 is 0. The molecular weight excluding hydrogens is 691 g/mol. The van der Waals surface area contributed by atoms with Crippen LogP contribution in [0.15, 0.2) is 30.3 Å². The Morgan fingerprint density at radius 2 is 1.67 bits per heavy atom. The standard InChI is InChI=1S/C38H56N6O5.2ClH/c1-4-5-20-43-35(46)33(34(45)30-14-10-7-11-15-30)39-36(47)38(43)18-23-41(24-19-38)25-32-27(2)40-44(28(32)3)31-16-21-42(22-17-31)37(48)49-26-29-12-8-6-9-13-29;;/h6,8-9,12-13,30-31,33-34,45H,4-5,7,10-11,14-26H2,1-3H3,(H,39,47);2*1H/t33-,34-;;/m1../s1. The van der Waals surface area contributed by atoms with E-state index in [0.29, 0.717) is 45.6 Å². The fourth-order valence-electron chi connectivity index (χ4n) is 8.65. The molecule has 1 saturated carbocycles. The molecule has 13 heteroatoms. The van der Waals surface area contributed by atoms with Crippen LogP contribution in [-0.2, 0) is 27.5 Å². The molecule has 1 aromatic carbocycles. The minimum Gasteiger partial charge on any atom is -0.445 e. The molecule has 1 aromatic heterocycles. The van der Waals surface area contributed by atoms with E-state index in [2.05, 4.69) is 35.7 Å². The normalized spacial score (nSPS) is 22.2. The average molecular weight is 750 g/mol. The van der Waals surface area contributed by atoms with Crippen molar-refractivity contribution in [3.05, 3.63) is 52.8 Å². The van der Waals surface area contributed by atoms with Crippen LogP contribution in [0.2, 0.25) is 0 Å². The van der Waals surface area contributed by atoms with E-state index in [-0.39, 0.29) is 61.3 Å². The van der Waals surface area contributed by atoms with Crippen molar-refractivity contribution in [1.29, 1.82) is 0 Å². The lowest BCUT2D eigenvalue weighted by Crippen LogP contribution is -2.75. The molecule has 4 aliphatic rings. The highest BCUT2D eigenvalue weighted by Gasteiger charge is 2.55. The lowest BCUT2D eigenvalue weighted by Gasteiger charge is -2.52. The fraction of sp³-hybridized carbons (Fsp3) is 0.684. The van der Waals surface area contributed by atoms with Crippen LogP contribution in [-0.4, -0.2) is 97.9 Å². The Hall–Kier alpha value is -2.86. The van der Waals surface area contributed by atoms with Gasteiger partial charge >= 0.3 is 6.09 Å². The van der Waals surface area contributed by atoms with Crippen LogP contribution in [0.1, 0.15) is 106 Å². The molecule has 0 unspecified atom stereocenters. The Kier molecular flexibility index (Phi) is 14.6. The molecule has 4 heterocycles. The van der Waals surface area contributed by atoms with Gasteiger partial charge in [0.2, 0.25) is 11.8 Å². The molecule has 3 saturated heterocycles. The number of halogens is 2. The Balaban J connectivity index is 0.00000292. The van der Waals surface area contributed by atoms with E-state index in [9.17, 15) is 19.5 Å². The number of piperidine rings is 2. The van der Waals surface area contributed by atoms with Gasteiger partial charge in [-0.05, 0) is 70.3 Å². The maximum Gasteiger partial charge on any atom is 0.410 e. The Bertz CT molecular complexity index is 1450. The quantitative estimate of drug-likeness (QED) is 0.319. The minimum absolute atomic E-state index is 0. The van der Waals surface area contributed by atoms with Gasteiger partial charge < -0.3 is 25.0 Å². The average Bonchev–Trinajstić information content (AvgIpc) is 3.42. The van der Waals surface area contributed by atoms with Gasteiger partial charge in [0.15, 0.2) is 0 Å². The van der Waals surface area contributed by atoms with Gasteiger partial charge in [-0.15, -0.1) is 24.8 Å². The molecule has 3 aliphatic heterocycles. The third-order valence-corrected chi connectivity index (χ3v) is 11.8. The number of hydrogen-bond donors (Lipinski definition) is 2. The van der Waals surface area contributed by atoms with Gasteiger partial charge in [0, 0.05) is 50.5 Å². The second-order valence-electron chi connectivity index (χ2n) is 14.8. The number of rotatable bonds is 10. The van der Waals surface area contributed by atoms with Gasteiger partial charge in [0.05, 0.1) is 17.8 Å². The zero-order chi connectivity index (χ0) is 34.5. The minimum atomic E-state index is -0.865. The number of nitrogens with one attached hydrogen (secondary N) is 1. The molecule has 2 aromatic rings. The van der Waals surface area contributed by atoms with E-state index in [1.54, 1.807) is 4.90 Å². The van der Waals surface area contributed by atoms with Crippen molar-refractivity contribution in [3.8, 4) is 0 Å². The number of hydrogen-bond acceptors (Lipinski definition) is 7. The van der Waals surface area contributed by atoms with Gasteiger partial charge in [-0.1, -0.05) is 62.9 Å². The molecule has 3 amide bonds. The van der Waals surface area contributed by atoms with Gasteiger partial charge in [0.25, 0.3) is 0 Å². The number of carbonyl (C=O) groups excluding carboxylic acids is 3. The second kappa shape index (κ2) is 18.3. The number of benzene rings is 1. The predicted octanol–water partition coefficient (Wildman–Crippen LogP) is 5.72. The van der Waals surface area contributed by atoms with Gasteiger partial charge in [-0.3, -0.25) is 19.2 Å². The van der Waals surface area contributed by atoms with E-state index < -0.39 is 17.7 Å². The number of nitrogens with zero attached hydrogens (tertiary/aromatic N) is 5. The van der Waals surface area contributed by atoms with E-state index >= 15 is 0 Å². The molecule has 6 rings (SSSR count). The molecular formula is C38H58Cl2N6O5. The maximum atomic E-state index is 14.0. The molecule has 1 aliphatic carbocycles. The highest BCUT2D eigenvalue weighted by atomic mass is 35.5. The molecule has 2 N–H and O–H groups in total. The lowest BCUT2D eigenvalue weighted by atomic mass is 9.78. The van der Waals surface area contributed by atoms with Crippen molar-refractivity contribution in [3.63, 3.8) is 0 Å². The number of aryl methyl sites for hydroxylation is 1. The Labute approximate surface area is 315 Å². The summed E-state index contributed by atoms with van der Waals surface area (Å²) in [6.07, 6.45) is 8.59. The van der Waals surface area contributed by atoms with Crippen LogP contribution < -0.4 is 5.32 Å². The molecule has 51 heavy (non-hydrogen) atoms. The first-order valence-electron chi connectivity index (χ1n) is 18.7. The van der Waals surface area contributed by atoms with Crippen LogP contribution in [0.4, 0.5) is 4.79 Å². The number of aliphatic hydroxyl groups is 1. The van der Waals surface area contributed by atoms with Crippen LogP contribution in [0.3, 0.4) is 0 Å². The zero-order valence-corrected chi connectivity index (χ0v) is 32.2.